The van der Waals surface area contributed by atoms with Gasteiger partial charge >= 0.3 is 0 Å². The van der Waals surface area contributed by atoms with E-state index in [-0.39, 0.29) is 11.0 Å². The molecule has 0 aliphatic heterocycles. The predicted octanol–water partition coefficient (Wildman–Crippen LogP) is 1.70. The van der Waals surface area contributed by atoms with E-state index in [1.165, 1.54) is 10.1 Å². The van der Waals surface area contributed by atoms with Crippen LogP contribution in [0.5, 0.6) is 0 Å². The molecular formula is C13H19NOS. The Morgan fingerprint density at radius 1 is 1.50 bits per heavy atom. The standard InChI is InChI=1S/C13H19NOS/c1-5-14-12(15)11-9(2)6-7-13(3,4)8-10(11)16-14/h8H,5-7H2,1-4H3. The third kappa shape index (κ3) is 1.88. The number of hydrogen-bond donors (Lipinski definition) is 0. The minimum absolute atomic E-state index is 0.203. The van der Waals surface area contributed by atoms with Gasteiger partial charge in [0.25, 0.3) is 5.56 Å². The van der Waals surface area contributed by atoms with E-state index in [1.54, 1.807) is 11.5 Å². The summed E-state index contributed by atoms with van der Waals surface area (Å²) in [5.41, 5.74) is 1.66. The van der Waals surface area contributed by atoms with Crippen LogP contribution < -0.4 is 15.3 Å². The second kappa shape index (κ2) is 3.88. The molecule has 0 radical (unpaired) electrons. The van der Waals surface area contributed by atoms with E-state index >= 15 is 0 Å². The van der Waals surface area contributed by atoms with Gasteiger partial charge in [-0.25, -0.2) is 0 Å². The summed E-state index contributed by atoms with van der Waals surface area (Å²) in [4.78, 5) is 12.2. The van der Waals surface area contributed by atoms with Crippen molar-refractivity contribution < 1.29 is 0 Å². The lowest BCUT2D eigenvalue weighted by Crippen LogP contribution is -2.36. The first-order valence-corrected chi connectivity index (χ1v) is 6.65. The molecular weight excluding hydrogens is 218 g/mol. The van der Waals surface area contributed by atoms with Crippen LogP contribution in [0.15, 0.2) is 4.79 Å². The molecule has 0 saturated heterocycles. The molecule has 1 heterocycles. The van der Waals surface area contributed by atoms with Crippen LogP contribution in [0.4, 0.5) is 0 Å². The molecule has 0 aromatic carbocycles. The summed E-state index contributed by atoms with van der Waals surface area (Å²) >= 11 is 1.61. The highest BCUT2D eigenvalue weighted by molar-refractivity contribution is 7.04. The molecule has 2 rings (SSSR count). The summed E-state index contributed by atoms with van der Waals surface area (Å²) in [6, 6.07) is 0. The number of aromatic nitrogens is 1. The van der Waals surface area contributed by atoms with E-state index in [1.807, 2.05) is 10.9 Å². The van der Waals surface area contributed by atoms with Gasteiger partial charge in [-0.2, -0.15) is 0 Å². The Morgan fingerprint density at radius 3 is 2.81 bits per heavy atom. The molecule has 0 saturated carbocycles. The first kappa shape index (κ1) is 11.6. The number of hydrogen-bond acceptors (Lipinski definition) is 2. The average Bonchev–Trinajstić information content (AvgIpc) is 2.44. The monoisotopic (exact) mass is 237 g/mol. The molecule has 1 aliphatic rings. The van der Waals surface area contributed by atoms with Crippen molar-refractivity contribution in [3.05, 3.63) is 20.1 Å². The van der Waals surface area contributed by atoms with Gasteiger partial charge in [-0.3, -0.25) is 8.75 Å². The van der Waals surface area contributed by atoms with E-state index in [0.717, 1.165) is 24.6 Å². The predicted molar refractivity (Wildman–Crippen MR) is 70.1 cm³/mol. The molecule has 0 spiro atoms. The second-order valence-corrected chi connectivity index (χ2v) is 6.31. The molecule has 3 heteroatoms. The fourth-order valence-electron chi connectivity index (χ4n) is 2.20. The van der Waals surface area contributed by atoms with E-state index in [0.29, 0.717) is 0 Å². The lowest BCUT2D eigenvalue weighted by molar-refractivity contribution is 0.479. The average molecular weight is 237 g/mol. The van der Waals surface area contributed by atoms with Gasteiger partial charge in [0.1, 0.15) is 0 Å². The summed E-state index contributed by atoms with van der Waals surface area (Å²) in [7, 11) is 0. The van der Waals surface area contributed by atoms with Gasteiger partial charge in [0.2, 0.25) is 0 Å². The number of fused-ring (bicyclic) bond motifs is 1. The third-order valence-corrected chi connectivity index (χ3v) is 4.44. The Bertz CT molecular complexity index is 574. The Hall–Kier alpha value is -0.830. The van der Waals surface area contributed by atoms with Crippen molar-refractivity contribution in [1.29, 1.82) is 0 Å². The minimum Gasteiger partial charge on any atom is -0.268 e. The number of aryl methyl sites for hydroxylation is 1. The van der Waals surface area contributed by atoms with Crippen LogP contribution in [-0.4, -0.2) is 3.96 Å². The van der Waals surface area contributed by atoms with Gasteiger partial charge in [0.05, 0.1) is 9.75 Å². The molecule has 1 aromatic rings. The lowest BCUT2D eigenvalue weighted by atomic mass is 9.88. The topological polar surface area (TPSA) is 22.0 Å². The molecule has 0 amide bonds. The van der Waals surface area contributed by atoms with Gasteiger partial charge < -0.3 is 0 Å². The van der Waals surface area contributed by atoms with Crippen LogP contribution in [0.1, 0.15) is 40.5 Å². The van der Waals surface area contributed by atoms with Crippen LogP contribution >= 0.6 is 11.5 Å². The molecule has 0 N–H and O–H groups in total. The first-order chi connectivity index (χ1) is 7.44. The molecule has 0 atom stereocenters. The van der Waals surface area contributed by atoms with Gasteiger partial charge in [-0.1, -0.05) is 37.0 Å². The van der Waals surface area contributed by atoms with Crippen LogP contribution in [0.25, 0.3) is 11.6 Å². The number of rotatable bonds is 1. The Kier molecular flexibility index (Phi) is 2.82. The SMILES string of the molecule is CCn1sc2c(c1=O)=C(C)CCC(C)(C)C=2. The van der Waals surface area contributed by atoms with Gasteiger partial charge in [-0.05, 0) is 32.1 Å². The van der Waals surface area contributed by atoms with Crippen molar-refractivity contribution in [1.82, 2.24) is 3.96 Å². The van der Waals surface area contributed by atoms with Crippen molar-refractivity contribution in [3.63, 3.8) is 0 Å². The zero-order valence-corrected chi connectivity index (χ0v) is 11.3. The lowest BCUT2D eigenvalue weighted by Gasteiger charge is -2.18. The van der Waals surface area contributed by atoms with E-state index in [4.69, 9.17) is 0 Å². The van der Waals surface area contributed by atoms with Crippen LogP contribution in [0, 0.1) is 5.41 Å². The Balaban J connectivity index is 2.87. The summed E-state index contributed by atoms with van der Waals surface area (Å²) in [5, 5.41) is 0.970. The first-order valence-electron chi connectivity index (χ1n) is 5.87. The quantitative estimate of drug-likeness (QED) is 0.728. The molecule has 2 nitrogen and oxygen atoms in total. The van der Waals surface area contributed by atoms with Gasteiger partial charge in [0.15, 0.2) is 0 Å². The molecule has 1 aliphatic carbocycles. The van der Waals surface area contributed by atoms with Crippen molar-refractivity contribution in [2.75, 3.05) is 0 Å². The summed E-state index contributed by atoms with van der Waals surface area (Å²) in [5.74, 6) is 0. The van der Waals surface area contributed by atoms with E-state index < -0.39 is 0 Å². The van der Waals surface area contributed by atoms with Gasteiger partial charge in [0, 0.05) is 6.54 Å². The highest BCUT2D eigenvalue weighted by Crippen LogP contribution is 2.27. The maximum Gasteiger partial charge on any atom is 0.268 e. The van der Waals surface area contributed by atoms with Gasteiger partial charge in [-0.15, -0.1) is 0 Å². The zero-order valence-electron chi connectivity index (χ0n) is 10.5. The van der Waals surface area contributed by atoms with E-state index in [2.05, 4.69) is 26.8 Å². The van der Waals surface area contributed by atoms with Crippen LogP contribution in [-0.2, 0) is 6.54 Å². The van der Waals surface area contributed by atoms with Crippen molar-refractivity contribution in [3.8, 4) is 0 Å². The van der Waals surface area contributed by atoms with E-state index in [9.17, 15) is 4.79 Å². The molecule has 0 fully saturated rings. The molecule has 1 aromatic heterocycles. The van der Waals surface area contributed by atoms with Crippen molar-refractivity contribution >= 4 is 23.2 Å². The Labute approximate surface area is 100 Å². The highest BCUT2D eigenvalue weighted by atomic mass is 32.1. The molecule has 88 valence electrons. The molecule has 0 bridgehead atoms. The second-order valence-electron chi connectivity index (χ2n) is 5.24. The normalized spacial score (nSPS) is 18.9. The smallest absolute Gasteiger partial charge is 0.268 e. The summed E-state index contributed by atoms with van der Waals surface area (Å²) in [6.45, 7) is 9.39. The van der Waals surface area contributed by atoms with Crippen molar-refractivity contribution in [2.45, 2.75) is 47.1 Å². The van der Waals surface area contributed by atoms with Crippen LogP contribution in [0.2, 0.25) is 0 Å². The minimum atomic E-state index is 0.203. The molecule has 0 unspecified atom stereocenters. The number of nitrogens with zero attached hydrogens (tertiary/aromatic N) is 1. The maximum atomic E-state index is 12.2. The summed E-state index contributed by atoms with van der Waals surface area (Å²) in [6.07, 6.45) is 4.44. The highest BCUT2D eigenvalue weighted by Gasteiger charge is 2.19. The Morgan fingerprint density at radius 2 is 2.19 bits per heavy atom. The maximum absolute atomic E-state index is 12.2. The third-order valence-electron chi connectivity index (χ3n) is 3.28. The zero-order chi connectivity index (χ0) is 11.9. The fraction of sp³-hybridized carbons (Fsp3) is 0.615. The van der Waals surface area contributed by atoms with Crippen molar-refractivity contribution in [2.24, 2.45) is 5.41 Å². The summed E-state index contributed by atoms with van der Waals surface area (Å²) < 4.78 is 3.03. The van der Waals surface area contributed by atoms with Crippen LogP contribution in [0.3, 0.4) is 0 Å². The molecule has 16 heavy (non-hydrogen) atoms. The largest absolute Gasteiger partial charge is 0.268 e. The fourth-order valence-corrected chi connectivity index (χ4v) is 3.46.